The smallest absolute Gasteiger partial charge is 0.357 e. The zero-order valence-corrected chi connectivity index (χ0v) is 15.9. The maximum Gasteiger partial charge on any atom is 0.357 e. The minimum atomic E-state index is -0.485. The molecule has 0 fully saturated rings. The molecule has 0 atom stereocenters. The number of benzene rings is 1. The van der Waals surface area contributed by atoms with E-state index in [1.165, 1.54) is 16.2 Å². The average molecular weight is 388 g/mol. The maximum absolute atomic E-state index is 12.6. The van der Waals surface area contributed by atoms with Gasteiger partial charge < -0.3 is 19.7 Å². The van der Waals surface area contributed by atoms with Crippen LogP contribution >= 0.6 is 11.3 Å². The van der Waals surface area contributed by atoms with Gasteiger partial charge in [-0.05, 0) is 25.1 Å². The Morgan fingerprint density at radius 3 is 2.93 bits per heavy atom. The number of rotatable bonds is 8. The van der Waals surface area contributed by atoms with Crippen LogP contribution in [0.15, 0.2) is 29.6 Å². The molecule has 8 nitrogen and oxygen atoms in total. The molecule has 1 N–H and O–H groups in total. The summed E-state index contributed by atoms with van der Waals surface area (Å²) in [5, 5.41) is 13.9. The van der Waals surface area contributed by atoms with Gasteiger partial charge >= 0.3 is 12.0 Å². The van der Waals surface area contributed by atoms with Crippen LogP contribution in [0.25, 0.3) is 0 Å². The number of nitriles is 1. The van der Waals surface area contributed by atoms with Crippen molar-refractivity contribution in [2.75, 3.05) is 32.2 Å². The lowest BCUT2D eigenvalue weighted by molar-refractivity contribution is 0.0520. The number of nitrogens with one attached hydrogen (secondary N) is 1. The SMILES string of the molecule is CCOC(=O)c1csc(CN(CCOC)C(=O)Nc2cccc(C#N)c2)n1. The van der Waals surface area contributed by atoms with Crippen LogP contribution in [0.3, 0.4) is 0 Å². The van der Waals surface area contributed by atoms with Crippen molar-refractivity contribution in [3.8, 4) is 6.07 Å². The van der Waals surface area contributed by atoms with Gasteiger partial charge in [-0.1, -0.05) is 6.07 Å². The van der Waals surface area contributed by atoms with E-state index in [-0.39, 0.29) is 24.9 Å². The molecule has 0 saturated carbocycles. The Hall–Kier alpha value is -2.96. The third-order valence-corrected chi connectivity index (χ3v) is 4.29. The molecular formula is C18H20N4O4S. The molecule has 2 aromatic rings. The highest BCUT2D eigenvalue weighted by atomic mass is 32.1. The summed E-state index contributed by atoms with van der Waals surface area (Å²) in [5.74, 6) is -0.485. The van der Waals surface area contributed by atoms with E-state index in [9.17, 15) is 9.59 Å². The lowest BCUT2D eigenvalue weighted by atomic mass is 10.2. The van der Waals surface area contributed by atoms with E-state index < -0.39 is 5.97 Å². The van der Waals surface area contributed by atoms with E-state index in [0.717, 1.165) is 0 Å². The Morgan fingerprint density at radius 2 is 2.22 bits per heavy atom. The molecule has 0 unspecified atom stereocenters. The summed E-state index contributed by atoms with van der Waals surface area (Å²) in [6.07, 6.45) is 0. The van der Waals surface area contributed by atoms with Crippen LogP contribution in [0, 0.1) is 11.3 Å². The second kappa shape index (κ2) is 10.3. The minimum Gasteiger partial charge on any atom is -0.461 e. The summed E-state index contributed by atoms with van der Waals surface area (Å²) >= 11 is 1.28. The summed E-state index contributed by atoms with van der Waals surface area (Å²) in [6.45, 7) is 2.91. The van der Waals surface area contributed by atoms with Gasteiger partial charge in [0.25, 0.3) is 0 Å². The normalized spacial score (nSPS) is 10.1. The molecule has 0 spiro atoms. The molecule has 1 aromatic heterocycles. The van der Waals surface area contributed by atoms with Gasteiger partial charge in [-0.2, -0.15) is 5.26 Å². The first-order valence-electron chi connectivity index (χ1n) is 8.24. The summed E-state index contributed by atoms with van der Waals surface area (Å²) in [4.78, 5) is 30.1. The number of amides is 2. The molecule has 142 valence electrons. The molecule has 0 aliphatic rings. The van der Waals surface area contributed by atoms with Crippen molar-refractivity contribution in [3.63, 3.8) is 0 Å². The summed E-state index contributed by atoms with van der Waals surface area (Å²) in [7, 11) is 1.55. The fourth-order valence-electron chi connectivity index (χ4n) is 2.17. The first-order chi connectivity index (χ1) is 13.1. The fraction of sp³-hybridized carbons (Fsp3) is 0.333. The van der Waals surface area contributed by atoms with Crippen molar-refractivity contribution < 1.29 is 19.1 Å². The number of hydrogen-bond acceptors (Lipinski definition) is 7. The molecule has 0 aliphatic carbocycles. The van der Waals surface area contributed by atoms with Crippen LogP contribution in [0.4, 0.5) is 10.5 Å². The number of methoxy groups -OCH3 is 1. The third kappa shape index (κ3) is 6.06. The van der Waals surface area contributed by atoms with Gasteiger partial charge in [-0.25, -0.2) is 14.6 Å². The molecule has 9 heteroatoms. The predicted molar refractivity (Wildman–Crippen MR) is 101 cm³/mol. The van der Waals surface area contributed by atoms with Crippen LogP contribution < -0.4 is 5.32 Å². The number of carbonyl (C=O) groups is 2. The van der Waals surface area contributed by atoms with Crippen LogP contribution in [0.1, 0.15) is 28.0 Å². The molecule has 1 heterocycles. The van der Waals surface area contributed by atoms with E-state index in [1.54, 1.807) is 43.7 Å². The highest BCUT2D eigenvalue weighted by Crippen LogP contribution is 2.15. The number of aromatic nitrogens is 1. The number of thiazole rings is 1. The molecular weight excluding hydrogens is 368 g/mol. The van der Waals surface area contributed by atoms with Gasteiger partial charge in [0.05, 0.1) is 31.4 Å². The van der Waals surface area contributed by atoms with Crippen molar-refractivity contribution >= 4 is 29.0 Å². The Labute approximate surface area is 161 Å². The number of nitrogens with zero attached hydrogens (tertiary/aromatic N) is 3. The van der Waals surface area contributed by atoms with Gasteiger partial charge in [0.15, 0.2) is 5.69 Å². The summed E-state index contributed by atoms with van der Waals surface area (Å²) in [6, 6.07) is 8.33. The van der Waals surface area contributed by atoms with E-state index in [0.29, 0.717) is 29.4 Å². The molecule has 0 aliphatic heterocycles. The number of anilines is 1. The second-order valence-electron chi connectivity index (χ2n) is 5.38. The monoisotopic (exact) mass is 388 g/mol. The first-order valence-corrected chi connectivity index (χ1v) is 9.12. The van der Waals surface area contributed by atoms with Crippen molar-refractivity contribution in [3.05, 3.63) is 45.9 Å². The lowest BCUT2D eigenvalue weighted by Gasteiger charge is -2.21. The first kappa shape index (κ1) is 20.4. The molecule has 2 amide bonds. The summed E-state index contributed by atoms with van der Waals surface area (Å²) in [5.41, 5.74) is 1.20. The molecule has 0 bridgehead atoms. The number of urea groups is 1. The zero-order valence-electron chi connectivity index (χ0n) is 15.1. The largest absolute Gasteiger partial charge is 0.461 e. The van der Waals surface area contributed by atoms with Gasteiger partial charge in [0.2, 0.25) is 0 Å². The van der Waals surface area contributed by atoms with Crippen molar-refractivity contribution in [1.82, 2.24) is 9.88 Å². The molecule has 1 aromatic carbocycles. The van der Waals surface area contributed by atoms with Crippen molar-refractivity contribution in [1.29, 1.82) is 5.26 Å². The Bertz CT molecular complexity index is 831. The van der Waals surface area contributed by atoms with E-state index in [2.05, 4.69) is 10.3 Å². The van der Waals surface area contributed by atoms with Gasteiger partial charge in [0, 0.05) is 24.7 Å². The number of ether oxygens (including phenoxy) is 2. The van der Waals surface area contributed by atoms with E-state index in [4.69, 9.17) is 14.7 Å². The van der Waals surface area contributed by atoms with Gasteiger partial charge in [-0.3, -0.25) is 0 Å². The zero-order chi connectivity index (χ0) is 19.6. The fourth-order valence-corrected chi connectivity index (χ4v) is 2.95. The Morgan fingerprint density at radius 1 is 1.41 bits per heavy atom. The maximum atomic E-state index is 12.6. The molecule has 27 heavy (non-hydrogen) atoms. The molecule has 0 saturated heterocycles. The average Bonchev–Trinajstić information content (AvgIpc) is 3.14. The van der Waals surface area contributed by atoms with E-state index >= 15 is 0 Å². The Balaban J connectivity index is 2.08. The topological polar surface area (TPSA) is 105 Å². The highest BCUT2D eigenvalue weighted by molar-refractivity contribution is 7.09. The van der Waals surface area contributed by atoms with Crippen LogP contribution in [-0.4, -0.2) is 48.8 Å². The van der Waals surface area contributed by atoms with Crippen molar-refractivity contribution in [2.24, 2.45) is 0 Å². The second-order valence-corrected chi connectivity index (χ2v) is 6.33. The highest BCUT2D eigenvalue weighted by Gasteiger charge is 2.18. The number of carbonyl (C=O) groups excluding carboxylic acids is 2. The molecule has 2 rings (SSSR count). The standard InChI is InChI=1S/C18H20N4O4S/c1-3-26-17(23)15-12-27-16(21-15)11-22(7-8-25-2)18(24)20-14-6-4-5-13(9-14)10-19/h4-6,9,12H,3,7-8,11H2,1-2H3,(H,20,24). The predicted octanol–water partition coefficient (Wildman–Crippen LogP) is 2.87. The quantitative estimate of drug-likeness (QED) is 0.697. The third-order valence-electron chi connectivity index (χ3n) is 3.46. The number of esters is 1. The summed E-state index contributed by atoms with van der Waals surface area (Å²) < 4.78 is 9.99. The Kier molecular flexibility index (Phi) is 7.73. The van der Waals surface area contributed by atoms with Crippen molar-refractivity contribution in [2.45, 2.75) is 13.5 Å². The molecule has 0 radical (unpaired) electrons. The van der Waals surface area contributed by atoms with E-state index in [1.807, 2.05) is 6.07 Å². The van der Waals surface area contributed by atoms with Crippen LogP contribution in [-0.2, 0) is 16.0 Å². The number of hydrogen-bond donors (Lipinski definition) is 1. The van der Waals surface area contributed by atoms with Crippen LogP contribution in [0.5, 0.6) is 0 Å². The van der Waals surface area contributed by atoms with Crippen LogP contribution in [0.2, 0.25) is 0 Å². The minimum absolute atomic E-state index is 0.219. The lowest BCUT2D eigenvalue weighted by Crippen LogP contribution is -2.36. The van der Waals surface area contributed by atoms with Gasteiger partial charge in [-0.15, -0.1) is 11.3 Å². The van der Waals surface area contributed by atoms with Gasteiger partial charge in [0.1, 0.15) is 5.01 Å².